The third-order valence-corrected chi connectivity index (χ3v) is 4.45. The number of hydrogen-bond acceptors (Lipinski definition) is 5. The Kier molecular flexibility index (Phi) is 6.71. The molecule has 1 heterocycles. The quantitative estimate of drug-likeness (QED) is 0.520. The van der Waals surface area contributed by atoms with Gasteiger partial charge in [-0.2, -0.15) is 0 Å². The average Bonchev–Trinajstić information content (AvgIpc) is 2.85. The van der Waals surface area contributed by atoms with Gasteiger partial charge in [0, 0.05) is 5.69 Å². The van der Waals surface area contributed by atoms with E-state index in [9.17, 15) is 23.6 Å². The van der Waals surface area contributed by atoms with Gasteiger partial charge in [-0.05, 0) is 44.5 Å². The van der Waals surface area contributed by atoms with Crippen LogP contribution in [0.2, 0.25) is 0 Å². The second kappa shape index (κ2) is 8.81. The van der Waals surface area contributed by atoms with Crippen molar-refractivity contribution in [2.45, 2.75) is 51.7 Å². The Balaban J connectivity index is 1.90. The monoisotopic (exact) mass is 393 g/mol. The number of halogens is 1. The summed E-state index contributed by atoms with van der Waals surface area (Å²) in [5.74, 6) is -2.45. The predicted molar refractivity (Wildman–Crippen MR) is 98.8 cm³/mol. The summed E-state index contributed by atoms with van der Waals surface area (Å²) >= 11 is 0. The van der Waals surface area contributed by atoms with Crippen LogP contribution < -0.4 is 10.6 Å². The van der Waals surface area contributed by atoms with Crippen LogP contribution in [-0.2, 0) is 19.1 Å². The van der Waals surface area contributed by atoms with E-state index in [1.807, 2.05) is 6.92 Å². The van der Waals surface area contributed by atoms with Crippen LogP contribution in [0.4, 0.5) is 14.9 Å². The molecule has 2 rings (SSSR count). The third kappa shape index (κ3) is 5.05. The molecular weight excluding hydrogens is 369 g/mol. The maximum Gasteiger partial charge on any atom is 0.327 e. The van der Waals surface area contributed by atoms with Crippen LogP contribution >= 0.6 is 0 Å². The van der Waals surface area contributed by atoms with Gasteiger partial charge in [0.25, 0.3) is 11.8 Å². The SMILES string of the molecule is CCCC[C@@]1(C)NC(=O)N(CC(=O)O[C@H](C)C(=O)Nc2ccc(F)cc2)C1=O. The van der Waals surface area contributed by atoms with Gasteiger partial charge in [0.2, 0.25) is 0 Å². The highest BCUT2D eigenvalue weighted by atomic mass is 19.1. The molecule has 1 aliphatic rings. The van der Waals surface area contributed by atoms with E-state index in [2.05, 4.69) is 10.6 Å². The molecule has 2 N–H and O–H groups in total. The molecule has 152 valence electrons. The predicted octanol–water partition coefficient (Wildman–Crippen LogP) is 2.20. The molecule has 1 aliphatic heterocycles. The number of carbonyl (C=O) groups is 4. The smallest absolute Gasteiger partial charge is 0.327 e. The fourth-order valence-corrected chi connectivity index (χ4v) is 2.78. The molecule has 0 aromatic heterocycles. The van der Waals surface area contributed by atoms with Crippen LogP contribution in [0.1, 0.15) is 40.0 Å². The maximum atomic E-state index is 12.9. The molecule has 1 fully saturated rings. The summed E-state index contributed by atoms with van der Waals surface area (Å²) in [6, 6.07) is 4.43. The standard InChI is InChI=1S/C19H24FN3O5/c1-4-5-10-19(3)17(26)23(18(27)22-19)11-15(24)28-12(2)16(25)21-14-8-6-13(20)7-9-14/h6-9,12H,4-5,10-11H2,1-3H3,(H,21,25)(H,22,27)/t12-,19-/m1/s1. The highest BCUT2D eigenvalue weighted by Crippen LogP contribution is 2.23. The largest absolute Gasteiger partial charge is 0.451 e. The number of unbranched alkanes of at least 4 members (excludes halogenated alkanes) is 1. The van der Waals surface area contributed by atoms with Crippen molar-refractivity contribution in [1.29, 1.82) is 0 Å². The van der Waals surface area contributed by atoms with Crippen LogP contribution in [0.25, 0.3) is 0 Å². The molecule has 0 bridgehead atoms. The van der Waals surface area contributed by atoms with Crippen LogP contribution in [-0.4, -0.2) is 46.9 Å². The van der Waals surface area contributed by atoms with Crippen molar-refractivity contribution >= 4 is 29.5 Å². The number of carbonyl (C=O) groups excluding carboxylic acids is 4. The highest BCUT2D eigenvalue weighted by molar-refractivity contribution is 6.08. The molecule has 2 atom stereocenters. The Morgan fingerprint density at radius 2 is 1.93 bits per heavy atom. The molecule has 1 saturated heterocycles. The van der Waals surface area contributed by atoms with Crippen molar-refractivity contribution in [3.05, 3.63) is 30.1 Å². The van der Waals surface area contributed by atoms with Gasteiger partial charge >= 0.3 is 12.0 Å². The van der Waals surface area contributed by atoms with Crippen LogP contribution in [0, 0.1) is 5.82 Å². The van der Waals surface area contributed by atoms with Gasteiger partial charge in [0.15, 0.2) is 6.10 Å². The van der Waals surface area contributed by atoms with E-state index >= 15 is 0 Å². The first-order valence-electron chi connectivity index (χ1n) is 9.06. The lowest BCUT2D eigenvalue weighted by molar-refractivity contribution is -0.155. The van der Waals surface area contributed by atoms with Gasteiger partial charge < -0.3 is 15.4 Å². The van der Waals surface area contributed by atoms with Crippen LogP contribution in [0.5, 0.6) is 0 Å². The van der Waals surface area contributed by atoms with Gasteiger partial charge in [0.05, 0.1) is 0 Å². The summed E-state index contributed by atoms with van der Waals surface area (Å²) in [6.45, 7) is 4.36. The van der Waals surface area contributed by atoms with Crippen LogP contribution in [0.3, 0.4) is 0 Å². The number of ether oxygens (including phenoxy) is 1. The lowest BCUT2D eigenvalue weighted by Crippen LogP contribution is -2.44. The van der Waals surface area contributed by atoms with Crippen molar-refractivity contribution in [3.8, 4) is 0 Å². The summed E-state index contributed by atoms with van der Waals surface area (Å²) in [5.41, 5.74) is -0.700. The lowest BCUT2D eigenvalue weighted by Gasteiger charge is -2.21. The van der Waals surface area contributed by atoms with E-state index in [-0.39, 0.29) is 0 Å². The fraction of sp³-hybridized carbons (Fsp3) is 0.474. The Morgan fingerprint density at radius 3 is 2.54 bits per heavy atom. The summed E-state index contributed by atoms with van der Waals surface area (Å²) in [5, 5.41) is 5.08. The Labute approximate surface area is 162 Å². The molecule has 8 nitrogen and oxygen atoms in total. The molecule has 0 aliphatic carbocycles. The molecule has 1 aromatic rings. The van der Waals surface area contributed by atoms with Gasteiger partial charge in [-0.1, -0.05) is 19.8 Å². The Morgan fingerprint density at radius 1 is 1.29 bits per heavy atom. The molecule has 0 saturated carbocycles. The number of amides is 4. The number of nitrogens with zero attached hydrogens (tertiary/aromatic N) is 1. The average molecular weight is 393 g/mol. The van der Waals surface area contributed by atoms with Crippen molar-refractivity contribution in [2.75, 3.05) is 11.9 Å². The van der Waals surface area contributed by atoms with Crippen molar-refractivity contribution in [3.63, 3.8) is 0 Å². The Bertz CT molecular complexity index is 767. The normalized spacial score (nSPS) is 19.9. The first-order chi connectivity index (χ1) is 13.2. The first kappa shape index (κ1) is 21.3. The molecule has 4 amide bonds. The third-order valence-electron chi connectivity index (χ3n) is 4.45. The minimum absolute atomic E-state index is 0.343. The zero-order valence-corrected chi connectivity index (χ0v) is 16.1. The summed E-state index contributed by atoms with van der Waals surface area (Å²) in [7, 11) is 0. The summed E-state index contributed by atoms with van der Waals surface area (Å²) in [6.07, 6.45) is 0.920. The highest BCUT2D eigenvalue weighted by Gasteiger charge is 2.48. The van der Waals surface area contributed by atoms with E-state index < -0.39 is 47.8 Å². The number of esters is 1. The summed E-state index contributed by atoms with van der Waals surface area (Å²) in [4.78, 5) is 49.5. The number of imide groups is 1. The van der Waals surface area contributed by atoms with Crippen molar-refractivity contribution in [2.24, 2.45) is 0 Å². The molecule has 0 spiro atoms. The van der Waals surface area contributed by atoms with Crippen molar-refractivity contribution < 1.29 is 28.3 Å². The van der Waals surface area contributed by atoms with Gasteiger partial charge in [-0.25, -0.2) is 9.18 Å². The number of urea groups is 1. The number of benzene rings is 1. The number of rotatable bonds is 8. The zero-order valence-electron chi connectivity index (χ0n) is 16.1. The topological polar surface area (TPSA) is 105 Å². The molecule has 28 heavy (non-hydrogen) atoms. The zero-order chi connectivity index (χ0) is 20.9. The molecule has 0 radical (unpaired) electrons. The van der Waals surface area contributed by atoms with Crippen LogP contribution in [0.15, 0.2) is 24.3 Å². The number of anilines is 1. The second-order valence-corrected chi connectivity index (χ2v) is 6.89. The van der Waals surface area contributed by atoms with Gasteiger partial charge in [-0.15, -0.1) is 0 Å². The number of hydrogen-bond donors (Lipinski definition) is 2. The fourth-order valence-electron chi connectivity index (χ4n) is 2.78. The minimum Gasteiger partial charge on any atom is -0.451 e. The van der Waals surface area contributed by atoms with Crippen molar-refractivity contribution in [1.82, 2.24) is 10.2 Å². The van der Waals surface area contributed by atoms with E-state index in [0.29, 0.717) is 12.1 Å². The second-order valence-electron chi connectivity index (χ2n) is 6.89. The Hall–Kier alpha value is -2.97. The maximum absolute atomic E-state index is 12.9. The van der Waals surface area contributed by atoms with E-state index in [1.165, 1.54) is 31.2 Å². The molecular formula is C19H24FN3O5. The van der Waals surface area contributed by atoms with Gasteiger partial charge in [-0.3, -0.25) is 19.3 Å². The minimum atomic E-state index is -1.16. The molecule has 9 heteroatoms. The lowest BCUT2D eigenvalue weighted by atomic mass is 9.95. The molecule has 0 unspecified atom stereocenters. The first-order valence-corrected chi connectivity index (χ1v) is 9.06. The number of nitrogens with one attached hydrogen (secondary N) is 2. The van der Waals surface area contributed by atoms with E-state index in [0.717, 1.165) is 17.7 Å². The van der Waals surface area contributed by atoms with Gasteiger partial charge in [0.1, 0.15) is 17.9 Å². The van der Waals surface area contributed by atoms with E-state index in [1.54, 1.807) is 6.92 Å². The molecule has 1 aromatic carbocycles. The van der Waals surface area contributed by atoms with E-state index in [4.69, 9.17) is 4.74 Å². The summed E-state index contributed by atoms with van der Waals surface area (Å²) < 4.78 is 17.9.